The number of nitrogens with zero attached hydrogens (tertiary/aromatic N) is 3. The first kappa shape index (κ1) is 14.5. The molecule has 1 aromatic heterocycles. The molecule has 1 aromatic rings. The van der Waals surface area contributed by atoms with Crippen molar-refractivity contribution >= 4 is 17.8 Å². The fourth-order valence-corrected chi connectivity index (χ4v) is 2.06. The quantitative estimate of drug-likeness (QED) is 0.903. The van der Waals surface area contributed by atoms with Gasteiger partial charge in [0.05, 0.1) is 6.54 Å². The van der Waals surface area contributed by atoms with Crippen molar-refractivity contribution < 1.29 is 14.1 Å². The third kappa shape index (κ3) is 3.79. The minimum atomic E-state index is -0.295. The molecule has 1 N–H and O–H groups in total. The van der Waals surface area contributed by atoms with E-state index in [9.17, 15) is 9.59 Å². The van der Waals surface area contributed by atoms with Crippen molar-refractivity contribution in [3.05, 3.63) is 5.89 Å². The summed E-state index contributed by atoms with van der Waals surface area (Å²) in [7, 11) is 0. The molecule has 0 radical (unpaired) electrons. The molecular weight excluding hydrogens is 260 g/mol. The van der Waals surface area contributed by atoms with Crippen LogP contribution >= 0.6 is 0 Å². The van der Waals surface area contributed by atoms with E-state index < -0.39 is 0 Å². The van der Waals surface area contributed by atoms with Crippen LogP contribution in [0.1, 0.15) is 51.3 Å². The van der Waals surface area contributed by atoms with E-state index >= 15 is 0 Å². The van der Waals surface area contributed by atoms with Crippen LogP contribution in [0.3, 0.4) is 0 Å². The Labute approximate surface area is 117 Å². The molecule has 1 fully saturated rings. The lowest BCUT2D eigenvalue weighted by Gasteiger charge is -2.19. The van der Waals surface area contributed by atoms with Gasteiger partial charge in [0.25, 0.3) is 5.95 Å². The first-order valence-corrected chi connectivity index (χ1v) is 6.97. The van der Waals surface area contributed by atoms with Crippen molar-refractivity contribution in [1.29, 1.82) is 0 Å². The Morgan fingerprint density at radius 2 is 2.20 bits per heavy atom. The molecule has 0 saturated carbocycles. The number of hydrogen-bond acceptors (Lipinski definition) is 5. The molecule has 110 valence electrons. The van der Waals surface area contributed by atoms with Crippen LogP contribution in [0.25, 0.3) is 0 Å². The van der Waals surface area contributed by atoms with E-state index in [2.05, 4.69) is 15.5 Å². The number of anilines is 1. The summed E-state index contributed by atoms with van der Waals surface area (Å²) in [6, 6.07) is 0. The minimum Gasteiger partial charge on any atom is -0.337 e. The van der Waals surface area contributed by atoms with Gasteiger partial charge in [-0.1, -0.05) is 20.3 Å². The SMILES string of the molecule is CC(C)c1nc(NC(=O)CN2CCCCCC2=O)no1. The predicted octanol–water partition coefficient (Wildman–Crippen LogP) is 1.53. The van der Waals surface area contributed by atoms with Crippen LogP contribution in [0.5, 0.6) is 0 Å². The standard InChI is InChI=1S/C13H20N4O3/c1-9(2)12-15-13(16-20-12)14-10(18)8-17-7-5-3-4-6-11(17)19/h9H,3-8H2,1-2H3,(H,14,16,18). The highest BCUT2D eigenvalue weighted by Crippen LogP contribution is 2.14. The van der Waals surface area contributed by atoms with Crippen molar-refractivity contribution in [2.45, 2.75) is 45.4 Å². The number of amides is 2. The highest BCUT2D eigenvalue weighted by Gasteiger charge is 2.20. The van der Waals surface area contributed by atoms with Gasteiger partial charge in [-0.25, -0.2) is 0 Å². The smallest absolute Gasteiger partial charge is 0.270 e. The van der Waals surface area contributed by atoms with Crippen LogP contribution in [0.4, 0.5) is 5.95 Å². The minimum absolute atomic E-state index is 0.0358. The lowest BCUT2D eigenvalue weighted by Crippen LogP contribution is -2.37. The van der Waals surface area contributed by atoms with E-state index in [4.69, 9.17) is 4.52 Å². The van der Waals surface area contributed by atoms with Gasteiger partial charge in [-0.3, -0.25) is 14.9 Å². The third-order valence-electron chi connectivity index (χ3n) is 3.19. The number of likely N-dealkylation sites (tertiary alicyclic amines) is 1. The molecule has 0 unspecified atom stereocenters. The molecule has 1 aliphatic heterocycles. The normalized spacial score (nSPS) is 16.4. The molecular formula is C13H20N4O3. The molecule has 0 spiro atoms. The molecule has 0 bridgehead atoms. The Morgan fingerprint density at radius 3 is 2.90 bits per heavy atom. The van der Waals surface area contributed by atoms with E-state index in [0.29, 0.717) is 18.9 Å². The maximum atomic E-state index is 11.9. The zero-order valence-electron chi connectivity index (χ0n) is 11.9. The van der Waals surface area contributed by atoms with Crippen LogP contribution in [-0.4, -0.2) is 39.9 Å². The molecule has 7 nitrogen and oxygen atoms in total. The van der Waals surface area contributed by atoms with E-state index in [-0.39, 0.29) is 30.2 Å². The van der Waals surface area contributed by atoms with Gasteiger partial charge in [-0.05, 0) is 18.0 Å². The lowest BCUT2D eigenvalue weighted by atomic mass is 10.2. The maximum absolute atomic E-state index is 11.9. The number of hydrogen-bond donors (Lipinski definition) is 1. The highest BCUT2D eigenvalue weighted by molar-refractivity contribution is 5.93. The average molecular weight is 280 g/mol. The van der Waals surface area contributed by atoms with Crippen molar-refractivity contribution in [3.63, 3.8) is 0 Å². The Kier molecular flexibility index (Phi) is 4.70. The Balaban J connectivity index is 1.89. The van der Waals surface area contributed by atoms with Crippen LogP contribution < -0.4 is 5.32 Å². The summed E-state index contributed by atoms with van der Waals surface area (Å²) in [4.78, 5) is 29.3. The van der Waals surface area contributed by atoms with Gasteiger partial charge in [0.15, 0.2) is 0 Å². The summed E-state index contributed by atoms with van der Waals surface area (Å²) in [5.41, 5.74) is 0. The monoisotopic (exact) mass is 280 g/mol. The molecule has 20 heavy (non-hydrogen) atoms. The zero-order chi connectivity index (χ0) is 14.5. The zero-order valence-corrected chi connectivity index (χ0v) is 11.9. The van der Waals surface area contributed by atoms with Gasteiger partial charge < -0.3 is 9.42 Å². The first-order chi connectivity index (χ1) is 9.56. The lowest BCUT2D eigenvalue weighted by molar-refractivity contribution is -0.134. The second-order valence-electron chi connectivity index (χ2n) is 5.29. The molecule has 2 rings (SSSR count). The Morgan fingerprint density at radius 1 is 1.40 bits per heavy atom. The van der Waals surface area contributed by atoms with Gasteiger partial charge in [0.1, 0.15) is 0 Å². The number of aromatic nitrogens is 2. The largest absolute Gasteiger partial charge is 0.337 e. The fraction of sp³-hybridized carbons (Fsp3) is 0.692. The maximum Gasteiger partial charge on any atom is 0.270 e. The molecule has 1 aliphatic rings. The van der Waals surface area contributed by atoms with Gasteiger partial charge in [-0.15, -0.1) is 0 Å². The molecule has 2 amide bonds. The van der Waals surface area contributed by atoms with Gasteiger partial charge in [0.2, 0.25) is 17.7 Å². The topological polar surface area (TPSA) is 88.3 Å². The number of carbonyl (C=O) groups excluding carboxylic acids is 2. The van der Waals surface area contributed by atoms with Crippen LogP contribution in [-0.2, 0) is 9.59 Å². The Hall–Kier alpha value is -1.92. The number of carbonyl (C=O) groups is 2. The van der Waals surface area contributed by atoms with Gasteiger partial charge >= 0.3 is 0 Å². The summed E-state index contributed by atoms with van der Waals surface area (Å²) in [5, 5.41) is 6.24. The summed E-state index contributed by atoms with van der Waals surface area (Å²) in [6.07, 6.45) is 3.40. The summed E-state index contributed by atoms with van der Waals surface area (Å²) in [5.74, 6) is 0.484. The van der Waals surface area contributed by atoms with E-state index in [0.717, 1.165) is 19.3 Å². The van der Waals surface area contributed by atoms with E-state index in [1.165, 1.54) is 0 Å². The highest BCUT2D eigenvalue weighted by atomic mass is 16.5. The van der Waals surface area contributed by atoms with Crippen molar-refractivity contribution in [2.24, 2.45) is 0 Å². The summed E-state index contributed by atoms with van der Waals surface area (Å²) < 4.78 is 5.00. The molecule has 1 saturated heterocycles. The van der Waals surface area contributed by atoms with Gasteiger partial charge in [0, 0.05) is 18.9 Å². The predicted molar refractivity (Wildman–Crippen MR) is 72.1 cm³/mol. The average Bonchev–Trinajstić information content (AvgIpc) is 2.76. The third-order valence-corrected chi connectivity index (χ3v) is 3.19. The van der Waals surface area contributed by atoms with Crippen LogP contribution in [0, 0.1) is 0 Å². The number of rotatable bonds is 4. The van der Waals surface area contributed by atoms with Crippen molar-refractivity contribution in [2.75, 3.05) is 18.4 Å². The number of nitrogens with one attached hydrogen (secondary N) is 1. The Bertz CT molecular complexity index is 484. The van der Waals surface area contributed by atoms with E-state index in [1.54, 1.807) is 4.90 Å². The van der Waals surface area contributed by atoms with Crippen molar-refractivity contribution in [1.82, 2.24) is 15.0 Å². The molecule has 2 heterocycles. The van der Waals surface area contributed by atoms with Crippen molar-refractivity contribution in [3.8, 4) is 0 Å². The molecule has 0 aliphatic carbocycles. The van der Waals surface area contributed by atoms with Crippen LogP contribution in [0.15, 0.2) is 4.52 Å². The molecule has 0 atom stereocenters. The van der Waals surface area contributed by atoms with E-state index in [1.807, 2.05) is 13.8 Å². The fourth-order valence-electron chi connectivity index (χ4n) is 2.06. The summed E-state index contributed by atoms with van der Waals surface area (Å²) in [6.45, 7) is 4.53. The van der Waals surface area contributed by atoms with Gasteiger partial charge in [-0.2, -0.15) is 4.98 Å². The molecule has 7 heteroatoms. The summed E-state index contributed by atoms with van der Waals surface area (Å²) >= 11 is 0. The first-order valence-electron chi connectivity index (χ1n) is 6.97. The van der Waals surface area contributed by atoms with Crippen LogP contribution in [0.2, 0.25) is 0 Å². The molecule has 0 aromatic carbocycles. The second-order valence-corrected chi connectivity index (χ2v) is 5.29. The second kappa shape index (κ2) is 6.49.